The molecule has 174 valence electrons. The number of tetrazole rings is 1. The number of hydrogen-bond donors (Lipinski definition) is 6. The number of nitrogens with zero attached hydrogens (tertiary/aromatic N) is 4. The van der Waals surface area contributed by atoms with Gasteiger partial charge in [-0.1, -0.05) is 12.1 Å². The van der Waals surface area contributed by atoms with Crippen molar-refractivity contribution < 1.29 is 16.8 Å². The fourth-order valence-electron chi connectivity index (χ4n) is 3.39. The first-order valence-corrected chi connectivity index (χ1v) is 12.5. The molecule has 0 atom stereocenters. The first-order chi connectivity index (χ1) is 15.7. The van der Waals surface area contributed by atoms with Crippen LogP contribution < -0.4 is 21.3 Å². The van der Waals surface area contributed by atoms with E-state index in [-0.39, 0.29) is 31.0 Å². The Morgan fingerprint density at radius 3 is 2.48 bits per heavy atom. The summed E-state index contributed by atoms with van der Waals surface area (Å²) in [5.41, 5.74) is 13.0. The van der Waals surface area contributed by atoms with Crippen molar-refractivity contribution in [2.24, 2.45) is 16.6 Å². The number of sulfonamides is 2. The van der Waals surface area contributed by atoms with Crippen molar-refractivity contribution >= 4 is 31.1 Å². The van der Waals surface area contributed by atoms with Gasteiger partial charge in [-0.15, -0.1) is 10.2 Å². The average Bonchev–Trinajstić information content (AvgIpc) is 3.45. The Morgan fingerprint density at radius 2 is 1.85 bits per heavy atom. The lowest BCUT2D eigenvalue weighted by molar-refractivity contribution is 0.574. The third kappa shape index (κ3) is 4.34. The minimum absolute atomic E-state index is 0.00864. The van der Waals surface area contributed by atoms with Gasteiger partial charge < -0.3 is 16.5 Å². The molecule has 0 amide bonds. The summed E-state index contributed by atoms with van der Waals surface area (Å²) in [7, 11) is -8.87. The number of primary sulfonamides is 1. The molecular formula is C17H20N10O4S2. The molecule has 2 heterocycles. The van der Waals surface area contributed by atoms with E-state index < -0.39 is 29.8 Å². The van der Waals surface area contributed by atoms with E-state index in [1.807, 2.05) is 0 Å². The Morgan fingerprint density at radius 1 is 1.06 bits per heavy atom. The maximum Gasteiger partial charge on any atom is 0.241 e. The first-order valence-electron chi connectivity index (χ1n) is 9.48. The van der Waals surface area contributed by atoms with Crippen LogP contribution in [0.25, 0.3) is 33.5 Å². The van der Waals surface area contributed by atoms with Gasteiger partial charge in [-0.05, 0) is 34.5 Å². The van der Waals surface area contributed by atoms with E-state index in [0.717, 1.165) is 6.07 Å². The van der Waals surface area contributed by atoms with Gasteiger partial charge in [-0.2, -0.15) is 5.21 Å². The summed E-state index contributed by atoms with van der Waals surface area (Å²) in [6.07, 6.45) is 0. The molecular weight excluding hydrogens is 472 g/mol. The molecule has 0 fully saturated rings. The van der Waals surface area contributed by atoms with Crippen molar-refractivity contribution in [3.63, 3.8) is 0 Å². The summed E-state index contributed by atoms with van der Waals surface area (Å²) in [5, 5.41) is 19.0. The van der Waals surface area contributed by atoms with Gasteiger partial charge in [0.15, 0.2) is 0 Å². The fraction of sp³-hybridized carbons (Fsp3) is 0.176. The van der Waals surface area contributed by atoms with Crippen molar-refractivity contribution in [1.29, 1.82) is 0 Å². The molecule has 16 heteroatoms. The van der Waals surface area contributed by atoms with E-state index in [0.29, 0.717) is 28.0 Å². The number of imidazole rings is 1. The maximum absolute atomic E-state index is 12.9. The van der Waals surface area contributed by atoms with Crippen LogP contribution in [0.2, 0.25) is 0 Å². The van der Waals surface area contributed by atoms with Crippen molar-refractivity contribution in [3.8, 4) is 22.5 Å². The highest BCUT2D eigenvalue weighted by molar-refractivity contribution is 7.92. The molecule has 0 radical (unpaired) electrons. The molecule has 0 saturated heterocycles. The van der Waals surface area contributed by atoms with E-state index >= 15 is 0 Å². The number of aromatic amines is 2. The number of rotatable bonds is 8. The Bertz CT molecular complexity index is 1530. The average molecular weight is 493 g/mol. The molecule has 33 heavy (non-hydrogen) atoms. The fourth-order valence-corrected chi connectivity index (χ4v) is 6.03. The highest BCUT2D eigenvalue weighted by Gasteiger charge is 2.32. The van der Waals surface area contributed by atoms with E-state index in [4.69, 9.17) is 16.6 Å². The van der Waals surface area contributed by atoms with Crippen LogP contribution in [0, 0.1) is 0 Å². The Balaban J connectivity index is 2.05. The molecule has 2 aromatic carbocycles. The SMILES string of the molecule is NCCNS(=O)(=O)c1ccc(-c2ccc3nc(CN)[nH]c3c2)c(-c2nn[nH]n2)c1S(N)(=O)=O. The summed E-state index contributed by atoms with van der Waals surface area (Å²) in [6.45, 7) is 0.108. The number of H-pyrrole nitrogens is 2. The highest BCUT2D eigenvalue weighted by atomic mass is 32.2. The Hall–Kier alpha value is -3.28. The molecule has 0 aliphatic carbocycles. The van der Waals surface area contributed by atoms with Crippen molar-refractivity contribution in [1.82, 2.24) is 35.3 Å². The zero-order valence-corrected chi connectivity index (χ0v) is 18.6. The van der Waals surface area contributed by atoms with Crippen LogP contribution in [0.4, 0.5) is 0 Å². The number of nitrogens with two attached hydrogens (primary N) is 3. The standard InChI is InChI=1S/C17H20N10O4S2/c18-5-6-21-33(30,31)13-4-2-10(9-1-3-11-12(7-9)23-14(8-19)22-11)15(16(13)32(20,28)29)17-24-26-27-25-17/h1-4,7,21H,5-6,8,18-19H2,(H,22,23)(H2,20,28,29)(H,24,25,26,27). The second kappa shape index (κ2) is 8.58. The summed E-state index contributed by atoms with van der Waals surface area (Å²) < 4.78 is 53.3. The summed E-state index contributed by atoms with van der Waals surface area (Å²) in [5.74, 6) is 0.412. The normalized spacial score (nSPS) is 12.5. The minimum atomic E-state index is -4.58. The van der Waals surface area contributed by atoms with Gasteiger partial charge in [0.2, 0.25) is 25.9 Å². The molecule has 0 aliphatic rings. The topological polar surface area (TPSA) is 242 Å². The lowest BCUT2D eigenvalue weighted by Gasteiger charge is -2.16. The largest absolute Gasteiger partial charge is 0.341 e. The van der Waals surface area contributed by atoms with Gasteiger partial charge >= 0.3 is 0 Å². The molecule has 4 aromatic rings. The number of hydrogen-bond acceptors (Lipinski definition) is 10. The predicted molar refractivity (Wildman–Crippen MR) is 118 cm³/mol. The molecule has 4 rings (SSSR count). The summed E-state index contributed by atoms with van der Waals surface area (Å²) in [4.78, 5) is 6.17. The van der Waals surface area contributed by atoms with Crippen molar-refractivity contribution in [3.05, 3.63) is 36.2 Å². The second-order valence-corrected chi connectivity index (χ2v) is 10.1. The molecule has 0 spiro atoms. The van der Waals surface area contributed by atoms with Crippen LogP contribution in [-0.4, -0.2) is 60.5 Å². The third-order valence-corrected chi connectivity index (χ3v) is 7.36. The Kier molecular flexibility index (Phi) is 5.95. The van der Waals surface area contributed by atoms with Gasteiger partial charge in [-0.25, -0.2) is 31.7 Å². The molecule has 14 nitrogen and oxygen atoms in total. The van der Waals surface area contributed by atoms with Gasteiger partial charge in [0.05, 0.1) is 23.1 Å². The third-order valence-electron chi connectivity index (χ3n) is 4.74. The highest BCUT2D eigenvalue weighted by Crippen LogP contribution is 2.39. The van der Waals surface area contributed by atoms with Crippen LogP contribution >= 0.6 is 0 Å². The Labute approximate surface area is 188 Å². The molecule has 0 aliphatic heterocycles. The van der Waals surface area contributed by atoms with Gasteiger partial charge in [-0.3, -0.25) is 0 Å². The zero-order chi connectivity index (χ0) is 23.8. The molecule has 0 saturated carbocycles. The van der Waals surface area contributed by atoms with E-state index in [9.17, 15) is 16.8 Å². The van der Waals surface area contributed by atoms with Crippen LogP contribution in [0.1, 0.15) is 5.82 Å². The second-order valence-electron chi connectivity index (χ2n) is 6.90. The summed E-state index contributed by atoms with van der Waals surface area (Å²) in [6, 6.07) is 7.72. The summed E-state index contributed by atoms with van der Waals surface area (Å²) >= 11 is 0. The minimum Gasteiger partial charge on any atom is -0.341 e. The predicted octanol–water partition coefficient (Wildman–Crippen LogP) is -1.25. The quantitative estimate of drug-likeness (QED) is 0.171. The first kappa shape index (κ1) is 22.9. The molecule has 2 aromatic heterocycles. The van der Waals surface area contributed by atoms with E-state index in [2.05, 4.69) is 35.3 Å². The number of benzene rings is 2. The molecule has 0 bridgehead atoms. The van der Waals surface area contributed by atoms with Gasteiger partial charge in [0.25, 0.3) is 0 Å². The molecule has 9 N–H and O–H groups in total. The smallest absolute Gasteiger partial charge is 0.241 e. The van der Waals surface area contributed by atoms with E-state index in [1.54, 1.807) is 18.2 Å². The van der Waals surface area contributed by atoms with Crippen molar-refractivity contribution in [2.45, 2.75) is 16.3 Å². The monoisotopic (exact) mass is 492 g/mol. The van der Waals surface area contributed by atoms with Crippen molar-refractivity contribution in [2.75, 3.05) is 13.1 Å². The van der Waals surface area contributed by atoms with Crippen LogP contribution in [-0.2, 0) is 26.6 Å². The van der Waals surface area contributed by atoms with E-state index in [1.165, 1.54) is 6.07 Å². The number of nitrogens with one attached hydrogen (secondary N) is 3. The van der Waals surface area contributed by atoms with Gasteiger partial charge in [0, 0.05) is 13.1 Å². The zero-order valence-electron chi connectivity index (χ0n) is 17.0. The lowest BCUT2D eigenvalue weighted by Crippen LogP contribution is -2.31. The number of fused-ring (bicyclic) bond motifs is 1. The maximum atomic E-state index is 12.9. The van der Waals surface area contributed by atoms with Crippen LogP contribution in [0.15, 0.2) is 40.1 Å². The molecule has 0 unspecified atom stereocenters. The van der Waals surface area contributed by atoms with Crippen LogP contribution in [0.3, 0.4) is 0 Å². The number of aromatic nitrogens is 6. The van der Waals surface area contributed by atoms with Gasteiger partial charge in [0.1, 0.15) is 15.6 Å². The lowest BCUT2D eigenvalue weighted by atomic mass is 9.98. The van der Waals surface area contributed by atoms with Crippen LogP contribution in [0.5, 0.6) is 0 Å².